The van der Waals surface area contributed by atoms with Crippen LogP contribution in [0.15, 0.2) is 29.7 Å². The first-order chi connectivity index (χ1) is 8.90. The summed E-state index contributed by atoms with van der Waals surface area (Å²) in [6, 6.07) is 3.45. The van der Waals surface area contributed by atoms with Crippen LogP contribution >= 0.6 is 11.8 Å². The van der Waals surface area contributed by atoms with Crippen molar-refractivity contribution in [3.8, 4) is 0 Å². The molecule has 0 atom stereocenters. The van der Waals surface area contributed by atoms with Crippen LogP contribution in [0.3, 0.4) is 0 Å². The first kappa shape index (κ1) is 16.1. The van der Waals surface area contributed by atoms with Crippen LogP contribution < -0.4 is 10.5 Å². The van der Waals surface area contributed by atoms with Crippen LogP contribution in [0.5, 0.6) is 0 Å². The van der Waals surface area contributed by atoms with E-state index in [-0.39, 0.29) is 10.6 Å². The van der Waals surface area contributed by atoms with E-state index in [9.17, 15) is 8.42 Å². The summed E-state index contributed by atoms with van der Waals surface area (Å²) in [5.74, 6) is 1.52. The van der Waals surface area contributed by atoms with Crippen molar-refractivity contribution in [2.45, 2.75) is 18.7 Å². The van der Waals surface area contributed by atoms with E-state index < -0.39 is 10.0 Å². The SMILES string of the molecule is C=CCSCCNS(=O)(=O)c1c(N)ccc(C)c1C. The number of hydrogen-bond acceptors (Lipinski definition) is 4. The van der Waals surface area contributed by atoms with Gasteiger partial charge in [0.25, 0.3) is 0 Å². The van der Waals surface area contributed by atoms with E-state index in [2.05, 4.69) is 11.3 Å². The molecule has 0 aliphatic rings. The van der Waals surface area contributed by atoms with E-state index >= 15 is 0 Å². The van der Waals surface area contributed by atoms with Crippen LogP contribution in [0.4, 0.5) is 5.69 Å². The molecule has 0 unspecified atom stereocenters. The molecule has 6 heteroatoms. The van der Waals surface area contributed by atoms with Gasteiger partial charge in [0.15, 0.2) is 0 Å². The van der Waals surface area contributed by atoms with Gasteiger partial charge in [-0.25, -0.2) is 13.1 Å². The van der Waals surface area contributed by atoms with E-state index in [1.54, 1.807) is 30.8 Å². The maximum atomic E-state index is 12.2. The Kier molecular flexibility index (Phi) is 5.90. The molecule has 1 aromatic carbocycles. The fraction of sp³-hybridized carbons (Fsp3) is 0.385. The lowest BCUT2D eigenvalue weighted by atomic mass is 10.1. The average Bonchev–Trinajstić information content (AvgIpc) is 2.34. The molecule has 0 aliphatic heterocycles. The number of nitrogens with two attached hydrogens (primary N) is 1. The quantitative estimate of drug-likeness (QED) is 0.459. The summed E-state index contributed by atoms with van der Waals surface area (Å²) in [4.78, 5) is 0.196. The zero-order valence-corrected chi connectivity index (χ0v) is 12.9. The maximum Gasteiger partial charge on any atom is 0.242 e. The van der Waals surface area contributed by atoms with Crippen molar-refractivity contribution in [1.82, 2.24) is 4.72 Å². The fourth-order valence-corrected chi connectivity index (χ4v) is 3.82. The second kappa shape index (κ2) is 6.98. The minimum Gasteiger partial charge on any atom is -0.398 e. The summed E-state index contributed by atoms with van der Waals surface area (Å²) in [6.45, 7) is 7.63. The Morgan fingerprint density at radius 3 is 2.74 bits per heavy atom. The van der Waals surface area contributed by atoms with Gasteiger partial charge in [-0.3, -0.25) is 0 Å². The number of aryl methyl sites for hydroxylation is 1. The van der Waals surface area contributed by atoms with Crippen LogP contribution in [-0.2, 0) is 10.0 Å². The average molecular weight is 300 g/mol. The predicted octanol–water partition coefficient (Wildman–Crippen LogP) is 2.08. The van der Waals surface area contributed by atoms with Crippen molar-refractivity contribution in [2.24, 2.45) is 0 Å². The van der Waals surface area contributed by atoms with Crippen molar-refractivity contribution < 1.29 is 8.42 Å². The molecule has 0 aliphatic carbocycles. The highest BCUT2D eigenvalue weighted by atomic mass is 32.2. The molecule has 0 saturated heterocycles. The smallest absolute Gasteiger partial charge is 0.242 e. The molecule has 0 bridgehead atoms. The second-order valence-electron chi connectivity index (χ2n) is 4.19. The molecule has 0 spiro atoms. The van der Waals surface area contributed by atoms with Crippen LogP contribution in [0, 0.1) is 13.8 Å². The van der Waals surface area contributed by atoms with Crippen LogP contribution in [0.25, 0.3) is 0 Å². The molecule has 106 valence electrons. The van der Waals surface area contributed by atoms with Crippen molar-refractivity contribution in [2.75, 3.05) is 23.8 Å². The molecule has 0 amide bonds. The highest BCUT2D eigenvalue weighted by Gasteiger charge is 2.20. The number of thioether (sulfide) groups is 1. The van der Waals surface area contributed by atoms with E-state index in [1.807, 2.05) is 13.0 Å². The van der Waals surface area contributed by atoms with Crippen LogP contribution in [-0.4, -0.2) is 26.5 Å². The van der Waals surface area contributed by atoms with Gasteiger partial charge in [-0.05, 0) is 31.0 Å². The van der Waals surface area contributed by atoms with Gasteiger partial charge in [0, 0.05) is 18.1 Å². The lowest BCUT2D eigenvalue weighted by molar-refractivity contribution is 0.584. The minimum atomic E-state index is -3.55. The minimum absolute atomic E-state index is 0.196. The third kappa shape index (κ3) is 4.26. The topological polar surface area (TPSA) is 72.2 Å². The summed E-state index contributed by atoms with van der Waals surface area (Å²) < 4.78 is 27.1. The van der Waals surface area contributed by atoms with Crippen molar-refractivity contribution >= 4 is 27.5 Å². The van der Waals surface area contributed by atoms with Crippen LogP contribution in [0.2, 0.25) is 0 Å². The molecule has 19 heavy (non-hydrogen) atoms. The van der Waals surface area contributed by atoms with Gasteiger partial charge >= 0.3 is 0 Å². The summed E-state index contributed by atoms with van der Waals surface area (Å²) in [5.41, 5.74) is 7.69. The van der Waals surface area contributed by atoms with Gasteiger partial charge in [-0.15, -0.1) is 6.58 Å². The van der Waals surface area contributed by atoms with Gasteiger partial charge in [-0.1, -0.05) is 12.1 Å². The standard InChI is InChI=1S/C13H20N2O2S2/c1-4-8-18-9-7-15-19(16,17)13-11(3)10(2)5-6-12(13)14/h4-6,15H,1,7-9,14H2,2-3H3. The molecule has 1 aromatic rings. The molecular formula is C13H20N2O2S2. The van der Waals surface area contributed by atoms with E-state index in [1.165, 1.54) is 0 Å². The fourth-order valence-electron chi connectivity index (χ4n) is 1.65. The lowest BCUT2D eigenvalue weighted by Gasteiger charge is -2.13. The summed E-state index contributed by atoms with van der Waals surface area (Å²) in [6.07, 6.45) is 1.79. The number of sulfonamides is 1. The Labute approximate surface area is 119 Å². The number of hydrogen-bond donors (Lipinski definition) is 2. The highest BCUT2D eigenvalue weighted by molar-refractivity contribution is 7.99. The Hall–Kier alpha value is -0.980. The van der Waals surface area contributed by atoms with Gasteiger partial charge in [0.05, 0.1) is 5.69 Å². The Balaban J connectivity index is 2.83. The summed E-state index contributed by atoms with van der Waals surface area (Å²) >= 11 is 1.62. The molecule has 1 rings (SSSR count). The first-order valence-corrected chi connectivity index (χ1v) is 8.58. The normalized spacial score (nSPS) is 11.5. The third-order valence-electron chi connectivity index (χ3n) is 2.75. The molecule has 0 radical (unpaired) electrons. The number of benzene rings is 1. The van der Waals surface area contributed by atoms with Gasteiger partial charge in [0.2, 0.25) is 10.0 Å². The van der Waals surface area contributed by atoms with Crippen molar-refractivity contribution in [3.05, 3.63) is 35.9 Å². The molecule has 0 fully saturated rings. The monoisotopic (exact) mass is 300 g/mol. The molecule has 0 aromatic heterocycles. The molecule has 0 heterocycles. The van der Waals surface area contributed by atoms with Crippen molar-refractivity contribution in [1.29, 1.82) is 0 Å². The largest absolute Gasteiger partial charge is 0.398 e. The van der Waals surface area contributed by atoms with Crippen molar-refractivity contribution in [3.63, 3.8) is 0 Å². The molecule has 0 saturated carbocycles. The molecule has 4 nitrogen and oxygen atoms in total. The Morgan fingerprint density at radius 1 is 1.42 bits per heavy atom. The Morgan fingerprint density at radius 2 is 2.11 bits per heavy atom. The number of anilines is 1. The lowest BCUT2D eigenvalue weighted by Crippen LogP contribution is -2.27. The van der Waals surface area contributed by atoms with Gasteiger partial charge in [-0.2, -0.15) is 11.8 Å². The van der Waals surface area contributed by atoms with E-state index in [4.69, 9.17) is 5.73 Å². The third-order valence-corrected chi connectivity index (χ3v) is 5.38. The van der Waals surface area contributed by atoms with E-state index in [0.29, 0.717) is 17.9 Å². The first-order valence-electron chi connectivity index (χ1n) is 5.94. The summed E-state index contributed by atoms with van der Waals surface area (Å²) in [5, 5.41) is 0. The van der Waals surface area contributed by atoms with Gasteiger partial charge < -0.3 is 5.73 Å². The molecule has 3 N–H and O–H groups in total. The zero-order chi connectivity index (χ0) is 14.5. The summed E-state index contributed by atoms with van der Waals surface area (Å²) in [7, 11) is -3.55. The van der Waals surface area contributed by atoms with E-state index in [0.717, 1.165) is 11.3 Å². The maximum absolute atomic E-state index is 12.2. The number of rotatable bonds is 7. The predicted molar refractivity (Wildman–Crippen MR) is 83.0 cm³/mol. The zero-order valence-electron chi connectivity index (χ0n) is 11.3. The molecular weight excluding hydrogens is 280 g/mol. The van der Waals surface area contributed by atoms with Crippen LogP contribution in [0.1, 0.15) is 11.1 Å². The van der Waals surface area contributed by atoms with Gasteiger partial charge in [0.1, 0.15) is 4.90 Å². The highest BCUT2D eigenvalue weighted by Crippen LogP contribution is 2.24. The number of nitrogen functional groups attached to an aromatic ring is 1. The Bertz CT molecular complexity index is 554. The number of nitrogens with one attached hydrogen (secondary N) is 1. The second-order valence-corrected chi connectivity index (χ2v) is 7.04.